The second-order valence-corrected chi connectivity index (χ2v) is 5.48. The normalized spacial score (nSPS) is 10.3. The average molecular weight is 328 g/mol. The summed E-state index contributed by atoms with van der Waals surface area (Å²) < 4.78 is 5.15. The zero-order chi connectivity index (χ0) is 17.4. The van der Waals surface area contributed by atoms with Gasteiger partial charge in [-0.25, -0.2) is 0 Å². The van der Waals surface area contributed by atoms with Crippen LogP contribution in [-0.4, -0.2) is 37.8 Å². The molecule has 2 rings (SSSR count). The van der Waals surface area contributed by atoms with Crippen LogP contribution in [0.25, 0.3) is 0 Å². The summed E-state index contributed by atoms with van der Waals surface area (Å²) in [5, 5.41) is 14.9. The molecule has 0 fully saturated rings. The molecule has 5 heteroatoms. The van der Waals surface area contributed by atoms with Crippen molar-refractivity contribution < 1.29 is 14.6 Å². The standard InChI is InChI=1S/C19H24N2O3/c1-14-17(19(23)21-12-13-22)4-3-5-18(14)20-11-10-15-6-8-16(24-2)9-7-15/h3-9,20,22H,10-13H2,1-2H3,(H,21,23). The highest BCUT2D eigenvalue weighted by Gasteiger charge is 2.10. The predicted molar refractivity (Wildman–Crippen MR) is 95.8 cm³/mol. The molecular weight excluding hydrogens is 304 g/mol. The van der Waals surface area contributed by atoms with Gasteiger partial charge in [0, 0.05) is 24.3 Å². The zero-order valence-electron chi connectivity index (χ0n) is 14.1. The number of rotatable bonds is 8. The zero-order valence-corrected chi connectivity index (χ0v) is 14.1. The number of hydrogen-bond donors (Lipinski definition) is 3. The van der Waals surface area contributed by atoms with Gasteiger partial charge < -0.3 is 20.5 Å². The maximum atomic E-state index is 12.1. The molecule has 0 spiro atoms. The third-order valence-electron chi connectivity index (χ3n) is 3.86. The number of benzene rings is 2. The van der Waals surface area contributed by atoms with Crippen LogP contribution in [0, 0.1) is 6.92 Å². The number of nitrogens with one attached hydrogen (secondary N) is 2. The summed E-state index contributed by atoms with van der Waals surface area (Å²) in [6, 6.07) is 13.6. The van der Waals surface area contributed by atoms with Gasteiger partial charge in [-0.05, 0) is 48.7 Å². The molecule has 0 saturated heterocycles. The maximum absolute atomic E-state index is 12.1. The molecule has 0 aliphatic carbocycles. The lowest BCUT2D eigenvalue weighted by Crippen LogP contribution is -2.27. The van der Waals surface area contributed by atoms with Gasteiger partial charge in [-0.3, -0.25) is 4.79 Å². The van der Waals surface area contributed by atoms with E-state index in [1.54, 1.807) is 13.2 Å². The summed E-state index contributed by atoms with van der Waals surface area (Å²) in [7, 11) is 1.66. The summed E-state index contributed by atoms with van der Waals surface area (Å²) in [5.41, 5.74) is 3.69. The van der Waals surface area contributed by atoms with Crippen molar-refractivity contribution in [2.75, 3.05) is 32.1 Å². The fourth-order valence-corrected chi connectivity index (χ4v) is 2.47. The van der Waals surface area contributed by atoms with Crippen LogP contribution in [0.5, 0.6) is 5.75 Å². The molecule has 128 valence electrons. The molecule has 0 aliphatic rings. The van der Waals surface area contributed by atoms with Crippen LogP contribution < -0.4 is 15.4 Å². The van der Waals surface area contributed by atoms with Crippen LogP contribution in [0.1, 0.15) is 21.5 Å². The fourth-order valence-electron chi connectivity index (χ4n) is 2.47. The Morgan fingerprint density at radius 1 is 1.12 bits per heavy atom. The Labute approximate surface area is 142 Å². The van der Waals surface area contributed by atoms with Crippen LogP contribution in [-0.2, 0) is 6.42 Å². The van der Waals surface area contributed by atoms with Gasteiger partial charge in [0.25, 0.3) is 5.91 Å². The highest BCUT2D eigenvalue weighted by Crippen LogP contribution is 2.19. The summed E-state index contributed by atoms with van der Waals surface area (Å²) in [6.45, 7) is 2.89. The Hall–Kier alpha value is -2.53. The number of ether oxygens (including phenoxy) is 1. The van der Waals surface area contributed by atoms with E-state index < -0.39 is 0 Å². The SMILES string of the molecule is COc1ccc(CCNc2cccc(C(=O)NCCO)c2C)cc1. The second kappa shape index (κ2) is 8.93. The molecule has 0 aliphatic heterocycles. The molecule has 0 radical (unpaired) electrons. The minimum atomic E-state index is -0.166. The Kier molecular flexibility index (Phi) is 6.63. The van der Waals surface area contributed by atoms with Gasteiger partial charge >= 0.3 is 0 Å². The van der Waals surface area contributed by atoms with Gasteiger partial charge in [-0.2, -0.15) is 0 Å². The molecule has 0 atom stereocenters. The van der Waals surface area contributed by atoms with Crippen LogP contribution in [0.2, 0.25) is 0 Å². The number of hydrogen-bond acceptors (Lipinski definition) is 4. The highest BCUT2D eigenvalue weighted by molar-refractivity contribution is 5.97. The van der Waals surface area contributed by atoms with Crippen LogP contribution in [0.15, 0.2) is 42.5 Å². The number of anilines is 1. The van der Waals surface area contributed by atoms with Crippen molar-refractivity contribution in [3.05, 3.63) is 59.2 Å². The molecular formula is C19H24N2O3. The first-order valence-electron chi connectivity index (χ1n) is 8.01. The number of methoxy groups -OCH3 is 1. The van der Waals surface area contributed by atoms with E-state index in [2.05, 4.69) is 10.6 Å². The number of aliphatic hydroxyl groups excluding tert-OH is 1. The molecule has 24 heavy (non-hydrogen) atoms. The highest BCUT2D eigenvalue weighted by atomic mass is 16.5. The molecule has 0 heterocycles. The third-order valence-corrected chi connectivity index (χ3v) is 3.86. The number of amides is 1. The van der Waals surface area contributed by atoms with Crippen molar-refractivity contribution in [1.29, 1.82) is 0 Å². The summed E-state index contributed by atoms with van der Waals surface area (Å²) in [6.07, 6.45) is 0.879. The van der Waals surface area contributed by atoms with Crippen molar-refractivity contribution >= 4 is 11.6 Å². The van der Waals surface area contributed by atoms with Crippen molar-refractivity contribution in [2.24, 2.45) is 0 Å². The van der Waals surface area contributed by atoms with Gasteiger partial charge in [0.05, 0.1) is 13.7 Å². The summed E-state index contributed by atoms with van der Waals surface area (Å²) in [4.78, 5) is 12.1. The van der Waals surface area contributed by atoms with Crippen molar-refractivity contribution in [1.82, 2.24) is 5.32 Å². The van der Waals surface area contributed by atoms with Crippen LogP contribution >= 0.6 is 0 Å². The lowest BCUT2D eigenvalue weighted by molar-refractivity contribution is 0.0944. The molecule has 0 unspecified atom stereocenters. The predicted octanol–water partition coefficient (Wildman–Crippen LogP) is 2.38. The van der Waals surface area contributed by atoms with E-state index in [1.165, 1.54) is 5.56 Å². The van der Waals surface area contributed by atoms with Crippen molar-refractivity contribution in [3.8, 4) is 5.75 Å². The molecule has 5 nitrogen and oxygen atoms in total. The number of carbonyl (C=O) groups excluding carboxylic acids is 1. The van der Waals surface area contributed by atoms with E-state index in [0.717, 1.165) is 30.0 Å². The maximum Gasteiger partial charge on any atom is 0.251 e. The minimum absolute atomic E-state index is 0.0649. The Morgan fingerprint density at radius 3 is 2.54 bits per heavy atom. The first-order valence-corrected chi connectivity index (χ1v) is 8.01. The molecule has 0 bridgehead atoms. The van der Waals surface area contributed by atoms with Crippen LogP contribution in [0.3, 0.4) is 0 Å². The monoisotopic (exact) mass is 328 g/mol. The Bertz CT molecular complexity index is 669. The number of carbonyl (C=O) groups is 1. The summed E-state index contributed by atoms with van der Waals surface area (Å²) in [5.74, 6) is 0.685. The Morgan fingerprint density at radius 2 is 1.88 bits per heavy atom. The molecule has 3 N–H and O–H groups in total. The van der Waals surface area contributed by atoms with Gasteiger partial charge in [0.15, 0.2) is 0 Å². The first kappa shape index (κ1) is 17.8. The minimum Gasteiger partial charge on any atom is -0.497 e. The van der Waals surface area contributed by atoms with Gasteiger partial charge in [0.1, 0.15) is 5.75 Å². The molecule has 0 aromatic heterocycles. The molecule has 0 saturated carbocycles. The van der Waals surface area contributed by atoms with Gasteiger partial charge in [-0.15, -0.1) is 0 Å². The van der Waals surface area contributed by atoms with E-state index in [9.17, 15) is 4.79 Å². The van der Waals surface area contributed by atoms with E-state index in [4.69, 9.17) is 9.84 Å². The Balaban J connectivity index is 1.95. The van der Waals surface area contributed by atoms with Crippen LogP contribution in [0.4, 0.5) is 5.69 Å². The molecule has 2 aromatic carbocycles. The second-order valence-electron chi connectivity index (χ2n) is 5.48. The molecule has 1 amide bonds. The lowest BCUT2D eigenvalue weighted by Gasteiger charge is -2.13. The quantitative estimate of drug-likeness (QED) is 0.696. The topological polar surface area (TPSA) is 70.6 Å². The van der Waals surface area contributed by atoms with Crippen molar-refractivity contribution in [3.63, 3.8) is 0 Å². The number of aliphatic hydroxyl groups is 1. The molecule has 2 aromatic rings. The fraction of sp³-hybridized carbons (Fsp3) is 0.316. The summed E-state index contributed by atoms with van der Waals surface area (Å²) >= 11 is 0. The van der Waals surface area contributed by atoms with E-state index >= 15 is 0 Å². The first-order chi connectivity index (χ1) is 11.7. The van der Waals surface area contributed by atoms with Crippen molar-refractivity contribution in [2.45, 2.75) is 13.3 Å². The van der Waals surface area contributed by atoms with Gasteiger partial charge in [0.2, 0.25) is 0 Å². The van der Waals surface area contributed by atoms with E-state index in [-0.39, 0.29) is 19.1 Å². The largest absolute Gasteiger partial charge is 0.497 e. The lowest BCUT2D eigenvalue weighted by atomic mass is 10.1. The van der Waals surface area contributed by atoms with E-state index in [1.807, 2.05) is 43.3 Å². The van der Waals surface area contributed by atoms with Gasteiger partial charge in [-0.1, -0.05) is 18.2 Å². The van der Waals surface area contributed by atoms with E-state index in [0.29, 0.717) is 5.56 Å². The smallest absolute Gasteiger partial charge is 0.251 e. The average Bonchev–Trinajstić information content (AvgIpc) is 2.61. The third kappa shape index (κ3) is 4.73.